The van der Waals surface area contributed by atoms with Gasteiger partial charge >= 0.3 is 6.03 Å². The number of hydrazine groups is 1. The standard InChI is InChI=1S/C35H38N6O3/c1-37(2)29-18-16-25(17-19-29)20-31-34(43)39(22-28-14-9-13-27-12-7-8-15-30(27)28)23-32-40(31)33(42)24-38(3)41(32)35(44)36-21-26-10-5-4-6-11-26/h4-19,31-32H,20-24H2,1-3H3,(H,36,44)/t31-,32-/m0/s1. The Labute approximate surface area is 258 Å². The number of anilines is 1. The van der Waals surface area contributed by atoms with E-state index in [1.54, 1.807) is 22.0 Å². The summed E-state index contributed by atoms with van der Waals surface area (Å²) in [5.74, 6) is -0.286. The lowest BCUT2D eigenvalue weighted by atomic mass is 9.97. The van der Waals surface area contributed by atoms with Crippen LogP contribution in [0.2, 0.25) is 0 Å². The summed E-state index contributed by atoms with van der Waals surface area (Å²) in [4.78, 5) is 47.2. The lowest BCUT2D eigenvalue weighted by Gasteiger charge is -2.54. The molecule has 0 radical (unpaired) electrons. The van der Waals surface area contributed by atoms with Crippen molar-refractivity contribution in [1.82, 2.24) is 25.1 Å². The number of hydrogen-bond acceptors (Lipinski definition) is 5. The van der Waals surface area contributed by atoms with Crippen LogP contribution in [0.1, 0.15) is 16.7 Å². The molecule has 0 saturated carbocycles. The smallest absolute Gasteiger partial charge is 0.334 e. The predicted octanol–water partition coefficient (Wildman–Crippen LogP) is 4.09. The highest BCUT2D eigenvalue weighted by atomic mass is 16.2. The molecule has 2 heterocycles. The molecule has 2 aliphatic rings. The Hall–Kier alpha value is -4.89. The number of carbonyl (C=O) groups excluding carboxylic acids is 3. The summed E-state index contributed by atoms with van der Waals surface area (Å²) in [6.07, 6.45) is -0.306. The van der Waals surface area contributed by atoms with E-state index < -0.39 is 12.2 Å². The SMILES string of the molecule is CN(C)c1ccc(C[C@H]2C(=O)N(Cc3cccc4ccccc34)C[C@H]3N2C(=O)CN(C)N3C(=O)NCc2ccccc2)cc1. The monoisotopic (exact) mass is 590 g/mol. The minimum Gasteiger partial charge on any atom is -0.378 e. The van der Waals surface area contributed by atoms with Crippen molar-refractivity contribution in [3.63, 3.8) is 0 Å². The maximum absolute atomic E-state index is 14.3. The van der Waals surface area contributed by atoms with E-state index in [4.69, 9.17) is 0 Å². The van der Waals surface area contributed by atoms with Crippen LogP contribution in [-0.2, 0) is 29.1 Å². The molecule has 6 rings (SSSR count). The first kappa shape index (κ1) is 29.2. The Bertz CT molecular complexity index is 1650. The van der Waals surface area contributed by atoms with E-state index in [2.05, 4.69) is 23.5 Å². The normalized spacial score (nSPS) is 18.8. The molecule has 0 aromatic heterocycles. The fraction of sp³-hybridized carbons (Fsp3) is 0.286. The molecule has 9 heteroatoms. The second kappa shape index (κ2) is 12.4. The fourth-order valence-corrected chi connectivity index (χ4v) is 6.29. The van der Waals surface area contributed by atoms with Crippen molar-refractivity contribution in [3.05, 3.63) is 114 Å². The van der Waals surface area contributed by atoms with E-state index in [9.17, 15) is 14.4 Å². The van der Waals surface area contributed by atoms with E-state index in [1.165, 1.54) is 0 Å². The maximum atomic E-state index is 14.3. The highest BCUT2D eigenvalue weighted by molar-refractivity contribution is 5.92. The summed E-state index contributed by atoms with van der Waals surface area (Å²) in [5, 5.41) is 8.48. The lowest BCUT2D eigenvalue weighted by molar-refractivity contribution is -0.187. The van der Waals surface area contributed by atoms with Crippen LogP contribution >= 0.6 is 0 Å². The number of nitrogens with zero attached hydrogens (tertiary/aromatic N) is 5. The van der Waals surface area contributed by atoms with Crippen LogP contribution in [0.4, 0.5) is 10.5 Å². The molecular formula is C35H38N6O3. The van der Waals surface area contributed by atoms with Crippen LogP contribution in [0, 0.1) is 0 Å². The van der Waals surface area contributed by atoms with Crippen LogP contribution in [0.5, 0.6) is 0 Å². The second-order valence-electron chi connectivity index (χ2n) is 11.7. The van der Waals surface area contributed by atoms with E-state index in [-0.39, 0.29) is 30.9 Å². The lowest BCUT2D eigenvalue weighted by Crippen LogP contribution is -2.76. The van der Waals surface area contributed by atoms with Crippen LogP contribution < -0.4 is 10.2 Å². The number of fused-ring (bicyclic) bond motifs is 2. The maximum Gasteiger partial charge on any atom is 0.334 e. The first-order valence-corrected chi connectivity index (χ1v) is 14.9. The van der Waals surface area contributed by atoms with Crippen molar-refractivity contribution < 1.29 is 14.4 Å². The first-order chi connectivity index (χ1) is 21.3. The minimum absolute atomic E-state index is 0.00191. The highest BCUT2D eigenvalue weighted by Crippen LogP contribution is 2.30. The number of piperazine rings is 1. The summed E-state index contributed by atoms with van der Waals surface area (Å²) in [5.41, 5.74) is 4.00. The molecule has 0 unspecified atom stereocenters. The second-order valence-corrected chi connectivity index (χ2v) is 11.7. The van der Waals surface area contributed by atoms with Gasteiger partial charge in [-0.3, -0.25) is 9.59 Å². The number of benzene rings is 4. The number of carbonyl (C=O) groups is 3. The fourth-order valence-electron chi connectivity index (χ4n) is 6.29. The summed E-state index contributed by atoms with van der Waals surface area (Å²) in [6.45, 7) is 0.928. The van der Waals surface area contributed by atoms with E-state index in [0.717, 1.165) is 33.2 Å². The zero-order chi connectivity index (χ0) is 30.8. The number of urea groups is 1. The van der Waals surface area contributed by atoms with Gasteiger partial charge in [0.25, 0.3) is 0 Å². The quantitative estimate of drug-likeness (QED) is 0.351. The number of amides is 4. The van der Waals surface area contributed by atoms with Gasteiger partial charge in [-0.05, 0) is 39.6 Å². The van der Waals surface area contributed by atoms with Gasteiger partial charge in [-0.2, -0.15) is 0 Å². The Balaban J connectivity index is 1.34. The molecule has 4 aromatic carbocycles. The van der Waals surface area contributed by atoms with Gasteiger partial charge in [0.2, 0.25) is 11.8 Å². The van der Waals surface area contributed by atoms with Crippen LogP contribution in [0.25, 0.3) is 10.8 Å². The summed E-state index contributed by atoms with van der Waals surface area (Å²) < 4.78 is 0. The van der Waals surface area contributed by atoms with Crippen molar-refractivity contribution in [2.45, 2.75) is 31.7 Å². The van der Waals surface area contributed by atoms with Crippen molar-refractivity contribution in [1.29, 1.82) is 0 Å². The molecule has 0 spiro atoms. The molecule has 0 bridgehead atoms. The van der Waals surface area contributed by atoms with Gasteiger partial charge in [0.05, 0.1) is 13.1 Å². The molecular weight excluding hydrogens is 552 g/mol. The molecule has 2 aliphatic heterocycles. The Morgan fingerprint density at radius 3 is 2.32 bits per heavy atom. The average molecular weight is 591 g/mol. The zero-order valence-electron chi connectivity index (χ0n) is 25.4. The van der Waals surface area contributed by atoms with Gasteiger partial charge in [-0.1, -0.05) is 84.9 Å². The highest BCUT2D eigenvalue weighted by Gasteiger charge is 2.50. The third kappa shape index (κ3) is 5.83. The number of rotatable bonds is 7. The summed E-state index contributed by atoms with van der Waals surface area (Å²) in [6, 6.07) is 30.9. The molecule has 1 N–H and O–H groups in total. The van der Waals surface area contributed by atoms with Crippen LogP contribution in [0.3, 0.4) is 0 Å². The van der Waals surface area contributed by atoms with E-state index in [0.29, 0.717) is 19.5 Å². The predicted molar refractivity (Wildman–Crippen MR) is 171 cm³/mol. The van der Waals surface area contributed by atoms with Gasteiger partial charge in [0.1, 0.15) is 12.2 Å². The molecule has 0 aliphatic carbocycles. The first-order valence-electron chi connectivity index (χ1n) is 14.9. The molecule has 44 heavy (non-hydrogen) atoms. The molecule has 2 atom stereocenters. The number of hydrogen-bond donors (Lipinski definition) is 1. The van der Waals surface area contributed by atoms with Gasteiger partial charge in [-0.25, -0.2) is 14.8 Å². The third-order valence-electron chi connectivity index (χ3n) is 8.56. The summed E-state index contributed by atoms with van der Waals surface area (Å²) in [7, 11) is 5.71. The number of likely N-dealkylation sites (N-methyl/N-ethyl adjacent to an activating group) is 1. The molecule has 226 valence electrons. The Kier molecular flexibility index (Phi) is 8.21. The average Bonchev–Trinajstić information content (AvgIpc) is 3.02. The van der Waals surface area contributed by atoms with Crippen molar-refractivity contribution in [2.75, 3.05) is 39.1 Å². The van der Waals surface area contributed by atoms with Gasteiger partial charge < -0.3 is 20.0 Å². The van der Waals surface area contributed by atoms with Crippen molar-refractivity contribution >= 4 is 34.3 Å². The van der Waals surface area contributed by atoms with Gasteiger partial charge in [0.15, 0.2) is 0 Å². The van der Waals surface area contributed by atoms with E-state index in [1.807, 2.05) is 103 Å². The van der Waals surface area contributed by atoms with Crippen molar-refractivity contribution in [3.8, 4) is 0 Å². The molecule has 4 amide bonds. The molecule has 9 nitrogen and oxygen atoms in total. The number of nitrogens with one attached hydrogen (secondary N) is 1. The molecule has 2 saturated heterocycles. The molecule has 2 fully saturated rings. The Morgan fingerprint density at radius 2 is 1.57 bits per heavy atom. The van der Waals surface area contributed by atoms with Crippen LogP contribution in [-0.4, -0.2) is 84.1 Å². The largest absolute Gasteiger partial charge is 0.378 e. The zero-order valence-corrected chi connectivity index (χ0v) is 25.4. The van der Waals surface area contributed by atoms with E-state index >= 15 is 0 Å². The minimum atomic E-state index is -0.750. The van der Waals surface area contributed by atoms with Gasteiger partial charge in [-0.15, -0.1) is 0 Å². The summed E-state index contributed by atoms with van der Waals surface area (Å²) >= 11 is 0. The topological polar surface area (TPSA) is 79.4 Å². The Morgan fingerprint density at radius 1 is 0.864 bits per heavy atom. The molecule has 4 aromatic rings. The van der Waals surface area contributed by atoms with Gasteiger partial charge in [0, 0.05) is 46.3 Å². The van der Waals surface area contributed by atoms with Crippen LogP contribution in [0.15, 0.2) is 97.1 Å². The third-order valence-corrected chi connectivity index (χ3v) is 8.56. The van der Waals surface area contributed by atoms with Crippen molar-refractivity contribution in [2.24, 2.45) is 0 Å².